The molecule has 0 atom stereocenters. The number of nitrogens with two attached hydrogens (primary N) is 1. The zero-order valence-electron chi connectivity index (χ0n) is 12.5. The van der Waals surface area contributed by atoms with Gasteiger partial charge in [0.05, 0.1) is 12.7 Å². The fourth-order valence-corrected chi connectivity index (χ4v) is 3.33. The molecule has 0 amide bonds. The van der Waals surface area contributed by atoms with Crippen LogP contribution >= 0.6 is 0 Å². The molecule has 1 aromatic rings. The van der Waals surface area contributed by atoms with E-state index >= 15 is 0 Å². The number of anilines is 1. The predicted molar refractivity (Wildman–Crippen MR) is 78.3 cm³/mol. The highest BCUT2D eigenvalue weighted by atomic mass is 32.2. The molecule has 1 aromatic carbocycles. The molecule has 7 heteroatoms. The number of benzene rings is 1. The lowest BCUT2D eigenvalue weighted by molar-refractivity contribution is 0.0639. The van der Waals surface area contributed by atoms with Gasteiger partial charge in [-0.25, -0.2) is 8.42 Å². The number of ether oxygens (including phenoxy) is 1. The van der Waals surface area contributed by atoms with Crippen molar-refractivity contribution in [3.05, 3.63) is 17.7 Å². The van der Waals surface area contributed by atoms with Crippen LogP contribution in [0.25, 0.3) is 0 Å². The Hall–Kier alpha value is -1.31. The summed E-state index contributed by atoms with van der Waals surface area (Å²) in [5, 5.41) is 9.76. The van der Waals surface area contributed by atoms with Crippen molar-refractivity contribution in [1.29, 1.82) is 0 Å². The normalized spacial score (nSPS) is 12.8. The Morgan fingerprint density at radius 2 is 1.95 bits per heavy atom. The summed E-state index contributed by atoms with van der Waals surface area (Å²) in [6.45, 7) is 4.82. The second-order valence-electron chi connectivity index (χ2n) is 5.43. The molecule has 0 fully saturated rings. The van der Waals surface area contributed by atoms with Crippen molar-refractivity contribution in [3.8, 4) is 5.75 Å². The average Bonchev–Trinajstić information content (AvgIpc) is 2.29. The van der Waals surface area contributed by atoms with Gasteiger partial charge in [0.1, 0.15) is 10.6 Å². The zero-order chi connectivity index (χ0) is 15.7. The minimum atomic E-state index is -3.79. The van der Waals surface area contributed by atoms with E-state index in [1.165, 1.54) is 20.2 Å². The Labute approximate surface area is 120 Å². The third kappa shape index (κ3) is 3.62. The highest BCUT2D eigenvalue weighted by Crippen LogP contribution is 2.31. The number of nitrogen functional groups attached to an aromatic ring is 1. The number of hydrogen-bond acceptors (Lipinski definition) is 5. The molecule has 0 aromatic heterocycles. The Morgan fingerprint density at radius 1 is 1.40 bits per heavy atom. The molecule has 114 valence electrons. The van der Waals surface area contributed by atoms with Crippen LogP contribution in [-0.4, -0.2) is 44.1 Å². The van der Waals surface area contributed by atoms with E-state index in [1.807, 2.05) is 0 Å². The molecular weight excluding hydrogens is 280 g/mol. The number of likely N-dealkylation sites (N-methyl/N-ethyl adjacent to an activating group) is 1. The van der Waals surface area contributed by atoms with Gasteiger partial charge in [-0.1, -0.05) is 0 Å². The molecule has 6 nitrogen and oxygen atoms in total. The van der Waals surface area contributed by atoms with E-state index in [0.717, 1.165) is 9.87 Å². The van der Waals surface area contributed by atoms with Crippen LogP contribution in [0.4, 0.5) is 5.69 Å². The number of sulfonamides is 1. The summed E-state index contributed by atoms with van der Waals surface area (Å²) in [6, 6.07) is 2.96. The van der Waals surface area contributed by atoms with E-state index in [9.17, 15) is 13.5 Å². The summed E-state index contributed by atoms with van der Waals surface area (Å²) < 4.78 is 31.3. The molecule has 0 saturated carbocycles. The summed E-state index contributed by atoms with van der Waals surface area (Å²) in [5.41, 5.74) is 5.76. The quantitative estimate of drug-likeness (QED) is 0.791. The van der Waals surface area contributed by atoms with Gasteiger partial charge in [-0.3, -0.25) is 0 Å². The molecule has 0 saturated heterocycles. The molecule has 0 aliphatic rings. The molecule has 0 aliphatic heterocycles. The Bertz CT molecular complexity index is 591. The van der Waals surface area contributed by atoms with Crippen LogP contribution in [0.5, 0.6) is 5.75 Å². The Balaban J connectivity index is 3.32. The Kier molecular flexibility index (Phi) is 4.68. The van der Waals surface area contributed by atoms with Crippen LogP contribution in [0.1, 0.15) is 19.4 Å². The highest BCUT2D eigenvalue weighted by Gasteiger charge is 2.29. The number of aliphatic hydroxyl groups is 1. The van der Waals surface area contributed by atoms with Gasteiger partial charge in [-0.15, -0.1) is 0 Å². The first-order chi connectivity index (χ1) is 8.99. The predicted octanol–water partition coefficient (Wildman–Crippen LogP) is 0.977. The van der Waals surface area contributed by atoms with Crippen molar-refractivity contribution in [2.45, 2.75) is 31.3 Å². The van der Waals surface area contributed by atoms with Crippen LogP contribution < -0.4 is 10.5 Å². The topological polar surface area (TPSA) is 92.9 Å². The van der Waals surface area contributed by atoms with Crippen LogP contribution in [0.15, 0.2) is 17.0 Å². The number of aryl methyl sites for hydroxylation is 1. The van der Waals surface area contributed by atoms with Crippen LogP contribution in [0.2, 0.25) is 0 Å². The largest absolute Gasteiger partial charge is 0.495 e. The first-order valence-electron chi connectivity index (χ1n) is 6.12. The van der Waals surface area contributed by atoms with E-state index in [1.54, 1.807) is 26.8 Å². The van der Waals surface area contributed by atoms with Crippen LogP contribution in [0, 0.1) is 6.92 Å². The number of rotatable bonds is 5. The second kappa shape index (κ2) is 5.59. The first-order valence-corrected chi connectivity index (χ1v) is 7.56. The van der Waals surface area contributed by atoms with Gasteiger partial charge in [0, 0.05) is 19.3 Å². The van der Waals surface area contributed by atoms with Gasteiger partial charge >= 0.3 is 0 Å². The summed E-state index contributed by atoms with van der Waals surface area (Å²) >= 11 is 0. The SMILES string of the molecule is COc1cc(C)c(N)cc1S(=O)(=O)N(C)CC(C)(C)O. The van der Waals surface area contributed by atoms with Crippen molar-refractivity contribution in [3.63, 3.8) is 0 Å². The Morgan fingerprint density at radius 3 is 2.40 bits per heavy atom. The fraction of sp³-hybridized carbons (Fsp3) is 0.538. The fourth-order valence-electron chi connectivity index (χ4n) is 1.84. The van der Waals surface area contributed by atoms with Gasteiger partial charge in [-0.05, 0) is 38.5 Å². The van der Waals surface area contributed by atoms with Gasteiger partial charge < -0.3 is 15.6 Å². The molecule has 1 rings (SSSR count). The van der Waals surface area contributed by atoms with E-state index < -0.39 is 15.6 Å². The third-order valence-corrected chi connectivity index (χ3v) is 4.67. The molecule has 20 heavy (non-hydrogen) atoms. The van der Waals surface area contributed by atoms with Gasteiger partial charge in [0.2, 0.25) is 10.0 Å². The maximum absolute atomic E-state index is 12.5. The minimum absolute atomic E-state index is 0.00477. The number of methoxy groups -OCH3 is 1. The molecule has 0 spiro atoms. The first kappa shape index (κ1) is 16.7. The lowest BCUT2D eigenvalue weighted by Gasteiger charge is -2.25. The van der Waals surface area contributed by atoms with E-state index in [0.29, 0.717) is 5.69 Å². The van der Waals surface area contributed by atoms with Crippen molar-refractivity contribution < 1.29 is 18.3 Å². The maximum Gasteiger partial charge on any atom is 0.246 e. The van der Waals surface area contributed by atoms with Crippen LogP contribution in [-0.2, 0) is 10.0 Å². The molecule has 3 N–H and O–H groups in total. The summed E-state index contributed by atoms with van der Waals surface area (Å²) in [6.07, 6.45) is 0. The summed E-state index contributed by atoms with van der Waals surface area (Å²) in [4.78, 5) is -0.00477. The molecule has 0 unspecified atom stereocenters. The molecule has 0 heterocycles. The van der Waals surface area contributed by atoms with E-state index in [4.69, 9.17) is 10.5 Å². The third-order valence-electron chi connectivity index (χ3n) is 2.85. The van der Waals surface area contributed by atoms with Crippen LogP contribution in [0.3, 0.4) is 0 Å². The van der Waals surface area contributed by atoms with Crippen molar-refractivity contribution in [2.75, 3.05) is 26.4 Å². The number of hydrogen-bond donors (Lipinski definition) is 2. The minimum Gasteiger partial charge on any atom is -0.495 e. The zero-order valence-corrected chi connectivity index (χ0v) is 13.3. The van der Waals surface area contributed by atoms with Gasteiger partial charge in [-0.2, -0.15) is 4.31 Å². The van der Waals surface area contributed by atoms with E-state index in [2.05, 4.69) is 0 Å². The molecule has 0 radical (unpaired) electrons. The molecular formula is C13H22N2O4S. The van der Waals surface area contributed by atoms with Crippen molar-refractivity contribution in [1.82, 2.24) is 4.31 Å². The van der Waals surface area contributed by atoms with Crippen molar-refractivity contribution in [2.24, 2.45) is 0 Å². The van der Waals surface area contributed by atoms with Gasteiger partial charge in [0.25, 0.3) is 0 Å². The lowest BCUT2D eigenvalue weighted by atomic mass is 10.1. The van der Waals surface area contributed by atoms with Gasteiger partial charge in [0.15, 0.2) is 0 Å². The highest BCUT2D eigenvalue weighted by molar-refractivity contribution is 7.89. The monoisotopic (exact) mass is 302 g/mol. The number of nitrogens with zero attached hydrogens (tertiary/aromatic N) is 1. The lowest BCUT2D eigenvalue weighted by Crippen LogP contribution is -2.39. The summed E-state index contributed by atoms with van der Waals surface area (Å²) in [5.74, 6) is 0.235. The second-order valence-corrected chi connectivity index (χ2v) is 7.45. The standard InChI is InChI=1S/C13H22N2O4S/c1-9-6-11(19-5)12(7-10(9)14)20(17,18)15(4)8-13(2,3)16/h6-7,16H,8,14H2,1-5H3. The smallest absolute Gasteiger partial charge is 0.246 e. The molecule has 0 bridgehead atoms. The molecule has 0 aliphatic carbocycles. The van der Waals surface area contributed by atoms with E-state index in [-0.39, 0.29) is 17.2 Å². The average molecular weight is 302 g/mol. The van der Waals surface area contributed by atoms with Crippen molar-refractivity contribution >= 4 is 15.7 Å². The summed E-state index contributed by atoms with van der Waals surface area (Å²) in [7, 11) is -0.978. The maximum atomic E-state index is 12.5.